The van der Waals surface area contributed by atoms with Crippen LogP contribution in [-0.4, -0.2) is 29.6 Å². The van der Waals surface area contributed by atoms with Gasteiger partial charge in [0.25, 0.3) is 0 Å². The minimum Gasteiger partial charge on any atom is -0.329 e. The highest BCUT2D eigenvalue weighted by Crippen LogP contribution is 2.27. The molecule has 0 spiro atoms. The average molecular weight is 283 g/mol. The second kappa shape index (κ2) is 5.52. The van der Waals surface area contributed by atoms with Gasteiger partial charge in [0.1, 0.15) is 17.2 Å². The Labute approximate surface area is 114 Å². The molecule has 1 aliphatic rings. The van der Waals surface area contributed by atoms with E-state index in [1.165, 1.54) is 40.2 Å². The molecule has 1 aliphatic heterocycles. The van der Waals surface area contributed by atoms with Crippen LogP contribution in [0.4, 0.5) is 0 Å². The monoisotopic (exact) mass is 283 g/mol. The molecule has 0 aliphatic carbocycles. The standard InChI is InChI=1S/C12H14N2S3/c1-2-11(16-5-1)12-13-10(9-17-12)8-14-3-6-15-7-4-14/h1-2,5,9H,3-4,6-8H2/p+1. The zero-order valence-electron chi connectivity index (χ0n) is 9.52. The van der Waals surface area contributed by atoms with Gasteiger partial charge in [0.15, 0.2) is 0 Å². The summed E-state index contributed by atoms with van der Waals surface area (Å²) in [4.78, 5) is 7.73. The van der Waals surface area contributed by atoms with Crippen LogP contribution in [-0.2, 0) is 6.54 Å². The van der Waals surface area contributed by atoms with E-state index in [2.05, 4.69) is 34.7 Å². The van der Waals surface area contributed by atoms with Crippen LogP contribution in [0.25, 0.3) is 9.88 Å². The first-order valence-electron chi connectivity index (χ1n) is 5.81. The quantitative estimate of drug-likeness (QED) is 0.928. The van der Waals surface area contributed by atoms with E-state index in [9.17, 15) is 0 Å². The van der Waals surface area contributed by atoms with Gasteiger partial charge in [-0.3, -0.25) is 0 Å². The minimum atomic E-state index is 1.10. The summed E-state index contributed by atoms with van der Waals surface area (Å²) in [5.41, 5.74) is 1.26. The second-order valence-corrected chi connectivity index (χ2v) is 7.19. The molecule has 0 saturated carbocycles. The van der Waals surface area contributed by atoms with Crippen molar-refractivity contribution < 1.29 is 4.90 Å². The molecule has 2 aromatic rings. The average Bonchev–Trinajstić information content (AvgIpc) is 3.00. The Morgan fingerprint density at radius 3 is 2.88 bits per heavy atom. The zero-order chi connectivity index (χ0) is 11.5. The molecule has 0 radical (unpaired) electrons. The number of rotatable bonds is 3. The van der Waals surface area contributed by atoms with Crippen LogP contribution in [0.2, 0.25) is 0 Å². The maximum Gasteiger partial charge on any atom is 0.133 e. The molecule has 2 aromatic heterocycles. The third-order valence-electron chi connectivity index (χ3n) is 2.91. The van der Waals surface area contributed by atoms with E-state index in [0.29, 0.717) is 0 Å². The van der Waals surface area contributed by atoms with Crippen molar-refractivity contribution in [1.29, 1.82) is 0 Å². The summed E-state index contributed by atoms with van der Waals surface area (Å²) in [5, 5.41) is 5.52. The highest BCUT2D eigenvalue weighted by atomic mass is 32.2. The number of thiophene rings is 1. The van der Waals surface area contributed by atoms with E-state index in [1.54, 1.807) is 27.6 Å². The van der Waals surface area contributed by atoms with Gasteiger partial charge in [0.05, 0.1) is 18.0 Å². The van der Waals surface area contributed by atoms with Crippen LogP contribution >= 0.6 is 34.4 Å². The van der Waals surface area contributed by atoms with E-state index in [0.717, 1.165) is 6.54 Å². The van der Waals surface area contributed by atoms with Gasteiger partial charge in [0.2, 0.25) is 0 Å². The van der Waals surface area contributed by atoms with E-state index in [1.807, 2.05) is 0 Å². The number of quaternary nitrogens is 1. The lowest BCUT2D eigenvalue weighted by Crippen LogP contribution is -3.12. The summed E-state index contributed by atoms with van der Waals surface area (Å²) < 4.78 is 0. The van der Waals surface area contributed by atoms with Gasteiger partial charge in [-0.05, 0) is 11.4 Å². The Hall–Kier alpha value is -0.360. The van der Waals surface area contributed by atoms with Gasteiger partial charge >= 0.3 is 0 Å². The first-order valence-corrected chi connectivity index (χ1v) is 8.73. The van der Waals surface area contributed by atoms with Crippen LogP contribution < -0.4 is 4.90 Å². The Morgan fingerprint density at radius 2 is 2.12 bits per heavy atom. The molecule has 90 valence electrons. The summed E-state index contributed by atoms with van der Waals surface area (Å²) >= 11 is 5.63. The topological polar surface area (TPSA) is 17.3 Å². The molecular weight excluding hydrogens is 268 g/mol. The van der Waals surface area contributed by atoms with Crippen molar-refractivity contribution in [1.82, 2.24) is 4.98 Å². The van der Waals surface area contributed by atoms with Gasteiger partial charge in [0, 0.05) is 16.9 Å². The van der Waals surface area contributed by atoms with Crippen molar-refractivity contribution in [2.45, 2.75) is 6.54 Å². The fourth-order valence-corrected chi connectivity index (χ4v) is 4.70. The van der Waals surface area contributed by atoms with Gasteiger partial charge in [-0.25, -0.2) is 4.98 Å². The van der Waals surface area contributed by atoms with Crippen molar-refractivity contribution in [3.05, 3.63) is 28.6 Å². The van der Waals surface area contributed by atoms with Crippen LogP contribution in [0.5, 0.6) is 0 Å². The number of nitrogens with zero attached hydrogens (tertiary/aromatic N) is 1. The van der Waals surface area contributed by atoms with Crippen molar-refractivity contribution in [2.24, 2.45) is 0 Å². The summed E-state index contributed by atoms with van der Waals surface area (Å²) in [6.45, 7) is 3.68. The van der Waals surface area contributed by atoms with E-state index in [-0.39, 0.29) is 0 Å². The predicted molar refractivity (Wildman–Crippen MR) is 77.2 cm³/mol. The lowest BCUT2D eigenvalue weighted by Gasteiger charge is -2.22. The van der Waals surface area contributed by atoms with Gasteiger partial charge < -0.3 is 4.90 Å². The normalized spacial score (nSPS) is 17.4. The van der Waals surface area contributed by atoms with Gasteiger partial charge in [-0.2, -0.15) is 11.8 Å². The van der Waals surface area contributed by atoms with Gasteiger partial charge in [-0.15, -0.1) is 22.7 Å². The molecule has 17 heavy (non-hydrogen) atoms. The number of hydrogen-bond donors (Lipinski definition) is 1. The summed E-state index contributed by atoms with van der Waals surface area (Å²) in [5.74, 6) is 2.61. The Balaban J connectivity index is 1.68. The smallest absolute Gasteiger partial charge is 0.133 e. The van der Waals surface area contributed by atoms with Crippen molar-refractivity contribution >= 4 is 34.4 Å². The molecule has 1 N–H and O–H groups in total. The van der Waals surface area contributed by atoms with Crippen LogP contribution in [0.1, 0.15) is 5.69 Å². The predicted octanol–water partition coefficient (Wildman–Crippen LogP) is 2.00. The van der Waals surface area contributed by atoms with Crippen molar-refractivity contribution in [3.8, 4) is 9.88 Å². The molecule has 5 heteroatoms. The number of thiazole rings is 1. The first kappa shape index (κ1) is 11.7. The molecule has 0 atom stereocenters. The molecule has 0 bridgehead atoms. The SMILES string of the molecule is c1csc(-c2nc(C[NH+]3CCSCC3)cs2)c1. The maximum atomic E-state index is 4.75. The number of hydrogen-bond acceptors (Lipinski definition) is 4. The fourth-order valence-electron chi connectivity index (χ4n) is 1.99. The summed E-state index contributed by atoms with van der Waals surface area (Å²) in [6, 6.07) is 4.24. The molecule has 1 fully saturated rings. The molecule has 1 saturated heterocycles. The molecule has 3 rings (SSSR count). The Bertz CT molecular complexity index is 458. The third-order valence-corrected chi connectivity index (χ3v) is 5.83. The van der Waals surface area contributed by atoms with E-state index >= 15 is 0 Å². The largest absolute Gasteiger partial charge is 0.329 e. The summed E-state index contributed by atoms with van der Waals surface area (Å²) in [7, 11) is 0. The molecule has 3 heterocycles. The number of aromatic nitrogens is 1. The minimum absolute atomic E-state index is 1.10. The number of nitrogens with one attached hydrogen (secondary N) is 1. The van der Waals surface area contributed by atoms with Crippen molar-refractivity contribution in [2.75, 3.05) is 24.6 Å². The van der Waals surface area contributed by atoms with Gasteiger partial charge in [-0.1, -0.05) is 6.07 Å². The molecule has 0 aromatic carbocycles. The highest BCUT2D eigenvalue weighted by Gasteiger charge is 2.16. The fraction of sp³-hybridized carbons (Fsp3) is 0.417. The van der Waals surface area contributed by atoms with E-state index < -0.39 is 0 Å². The first-order chi connectivity index (χ1) is 8.42. The zero-order valence-corrected chi connectivity index (χ0v) is 12.0. The lowest BCUT2D eigenvalue weighted by molar-refractivity contribution is -0.910. The van der Waals surface area contributed by atoms with Crippen LogP contribution in [0.15, 0.2) is 22.9 Å². The maximum absolute atomic E-state index is 4.75. The second-order valence-electron chi connectivity index (χ2n) is 4.16. The lowest BCUT2D eigenvalue weighted by atomic mass is 10.4. The number of thioether (sulfide) groups is 1. The molecular formula is C12H15N2S3+. The third kappa shape index (κ3) is 2.91. The molecule has 0 amide bonds. The highest BCUT2D eigenvalue weighted by molar-refractivity contribution is 7.99. The summed E-state index contributed by atoms with van der Waals surface area (Å²) in [6.07, 6.45) is 0. The molecule has 0 unspecified atom stereocenters. The Kier molecular flexibility index (Phi) is 3.80. The Morgan fingerprint density at radius 1 is 1.24 bits per heavy atom. The molecule has 2 nitrogen and oxygen atoms in total. The van der Waals surface area contributed by atoms with Crippen molar-refractivity contribution in [3.63, 3.8) is 0 Å². The van der Waals surface area contributed by atoms with Crippen LogP contribution in [0.3, 0.4) is 0 Å². The van der Waals surface area contributed by atoms with E-state index in [4.69, 9.17) is 4.98 Å². The van der Waals surface area contributed by atoms with Crippen LogP contribution in [0, 0.1) is 0 Å².